The van der Waals surface area contributed by atoms with Crippen molar-refractivity contribution in [2.75, 3.05) is 53.0 Å². The number of hydrogen-bond acceptors (Lipinski definition) is 4. The zero-order valence-corrected chi connectivity index (χ0v) is 15.1. The van der Waals surface area contributed by atoms with E-state index in [1.807, 2.05) is 24.3 Å². The lowest BCUT2D eigenvalue weighted by Crippen LogP contribution is -2.48. The van der Waals surface area contributed by atoms with Gasteiger partial charge in [-0.2, -0.15) is 0 Å². The summed E-state index contributed by atoms with van der Waals surface area (Å²) in [6.07, 6.45) is 7.27. The first-order valence-corrected chi connectivity index (χ1v) is 9.55. The fraction of sp³-hybridized carbons (Fsp3) is 0.700. The van der Waals surface area contributed by atoms with Crippen molar-refractivity contribution in [3.8, 4) is 11.5 Å². The van der Waals surface area contributed by atoms with Crippen LogP contribution in [0.3, 0.4) is 0 Å². The zero-order valence-electron chi connectivity index (χ0n) is 15.1. The van der Waals surface area contributed by atoms with Crippen LogP contribution in [0.25, 0.3) is 0 Å². The van der Waals surface area contributed by atoms with Crippen molar-refractivity contribution in [1.29, 1.82) is 0 Å². The Kier molecular flexibility index (Phi) is 6.79. The van der Waals surface area contributed by atoms with Gasteiger partial charge in [0.15, 0.2) is 0 Å². The summed E-state index contributed by atoms with van der Waals surface area (Å²) in [5.41, 5.74) is 0. The predicted octanol–water partition coefficient (Wildman–Crippen LogP) is 3.27. The largest absolute Gasteiger partial charge is 0.497 e. The van der Waals surface area contributed by atoms with Crippen molar-refractivity contribution in [2.24, 2.45) is 5.92 Å². The van der Waals surface area contributed by atoms with Crippen molar-refractivity contribution in [2.45, 2.75) is 32.1 Å². The SMILES string of the molecule is COc1ccc(OCCN2CCN(CC3CCCCC3)CC2)cc1. The van der Waals surface area contributed by atoms with Gasteiger partial charge in [-0.25, -0.2) is 0 Å². The summed E-state index contributed by atoms with van der Waals surface area (Å²) in [7, 11) is 1.68. The Labute approximate surface area is 146 Å². The number of benzene rings is 1. The Morgan fingerprint density at radius 1 is 0.875 bits per heavy atom. The first-order valence-electron chi connectivity index (χ1n) is 9.55. The van der Waals surface area contributed by atoms with Crippen molar-refractivity contribution in [3.63, 3.8) is 0 Å². The van der Waals surface area contributed by atoms with Crippen LogP contribution in [-0.2, 0) is 0 Å². The second kappa shape index (κ2) is 9.28. The van der Waals surface area contributed by atoms with Crippen molar-refractivity contribution in [3.05, 3.63) is 24.3 Å². The quantitative estimate of drug-likeness (QED) is 0.765. The fourth-order valence-corrected chi connectivity index (χ4v) is 3.89. The summed E-state index contributed by atoms with van der Waals surface area (Å²) in [5.74, 6) is 2.76. The third kappa shape index (κ3) is 5.38. The Balaban J connectivity index is 1.30. The van der Waals surface area contributed by atoms with Gasteiger partial charge in [0, 0.05) is 39.3 Å². The van der Waals surface area contributed by atoms with Gasteiger partial charge in [0.05, 0.1) is 7.11 Å². The predicted molar refractivity (Wildman–Crippen MR) is 97.9 cm³/mol. The minimum atomic E-state index is 0.759. The van der Waals surface area contributed by atoms with E-state index >= 15 is 0 Å². The van der Waals surface area contributed by atoms with Crippen LogP contribution in [0.5, 0.6) is 11.5 Å². The maximum atomic E-state index is 5.85. The van der Waals surface area contributed by atoms with Gasteiger partial charge in [-0.3, -0.25) is 4.90 Å². The molecule has 0 unspecified atom stereocenters. The van der Waals surface area contributed by atoms with Crippen molar-refractivity contribution >= 4 is 0 Å². The van der Waals surface area contributed by atoms with Crippen LogP contribution in [0, 0.1) is 5.92 Å². The van der Waals surface area contributed by atoms with Gasteiger partial charge in [-0.15, -0.1) is 0 Å². The standard InChI is InChI=1S/C20H32N2O2/c1-23-19-7-9-20(10-8-19)24-16-15-21-11-13-22(14-12-21)17-18-5-3-2-4-6-18/h7-10,18H,2-6,11-17H2,1H3. The van der Waals surface area contributed by atoms with E-state index in [-0.39, 0.29) is 0 Å². The van der Waals surface area contributed by atoms with E-state index in [2.05, 4.69) is 9.80 Å². The van der Waals surface area contributed by atoms with E-state index in [0.717, 1.165) is 30.6 Å². The molecule has 134 valence electrons. The molecule has 1 aromatic carbocycles. The lowest BCUT2D eigenvalue weighted by Gasteiger charge is -2.37. The Bertz CT molecular complexity index is 463. The van der Waals surface area contributed by atoms with E-state index in [4.69, 9.17) is 9.47 Å². The number of rotatable bonds is 7. The van der Waals surface area contributed by atoms with Crippen molar-refractivity contribution < 1.29 is 9.47 Å². The van der Waals surface area contributed by atoms with Gasteiger partial charge in [-0.1, -0.05) is 19.3 Å². The number of nitrogens with zero attached hydrogens (tertiary/aromatic N) is 2. The summed E-state index contributed by atoms with van der Waals surface area (Å²) in [4.78, 5) is 5.21. The molecule has 0 atom stereocenters. The third-order valence-electron chi connectivity index (χ3n) is 5.44. The van der Waals surface area contributed by atoms with Crippen LogP contribution >= 0.6 is 0 Å². The molecule has 0 spiro atoms. The molecule has 0 amide bonds. The smallest absolute Gasteiger partial charge is 0.119 e. The highest BCUT2D eigenvalue weighted by molar-refractivity contribution is 5.31. The monoisotopic (exact) mass is 332 g/mol. The van der Waals surface area contributed by atoms with E-state index in [0.29, 0.717) is 0 Å². The topological polar surface area (TPSA) is 24.9 Å². The minimum absolute atomic E-state index is 0.759. The first-order chi connectivity index (χ1) is 11.8. The maximum Gasteiger partial charge on any atom is 0.119 e. The highest BCUT2D eigenvalue weighted by Crippen LogP contribution is 2.24. The van der Waals surface area contributed by atoms with Crippen molar-refractivity contribution in [1.82, 2.24) is 9.80 Å². The summed E-state index contributed by atoms with van der Waals surface area (Å²) < 4.78 is 11.0. The molecule has 3 rings (SSSR count). The highest BCUT2D eigenvalue weighted by atomic mass is 16.5. The second-order valence-corrected chi connectivity index (χ2v) is 7.17. The van der Waals surface area contributed by atoms with Crippen LogP contribution in [0.1, 0.15) is 32.1 Å². The normalized spacial score (nSPS) is 20.9. The Hall–Kier alpha value is -1.26. The lowest BCUT2D eigenvalue weighted by atomic mass is 9.89. The van der Waals surface area contributed by atoms with E-state index in [1.165, 1.54) is 64.8 Å². The fourth-order valence-electron chi connectivity index (χ4n) is 3.89. The Morgan fingerprint density at radius 2 is 1.50 bits per heavy atom. The molecule has 0 bridgehead atoms. The van der Waals surface area contributed by atoms with Crippen LogP contribution in [-0.4, -0.2) is 62.8 Å². The van der Waals surface area contributed by atoms with Gasteiger partial charge in [0.25, 0.3) is 0 Å². The third-order valence-corrected chi connectivity index (χ3v) is 5.44. The molecule has 1 heterocycles. The second-order valence-electron chi connectivity index (χ2n) is 7.17. The van der Waals surface area contributed by atoms with E-state index in [1.54, 1.807) is 7.11 Å². The number of piperazine rings is 1. The van der Waals surface area contributed by atoms with Crippen LogP contribution in [0.2, 0.25) is 0 Å². The maximum absolute atomic E-state index is 5.85. The molecule has 1 saturated carbocycles. The summed E-state index contributed by atoms with van der Waals surface area (Å²) >= 11 is 0. The molecule has 2 fully saturated rings. The van der Waals surface area contributed by atoms with Gasteiger partial charge in [-0.05, 0) is 43.0 Å². The average molecular weight is 332 g/mol. The lowest BCUT2D eigenvalue weighted by molar-refractivity contribution is 0.0988. The molecule has 0 radical (unpaired) electrons. The zero-order chi connectivity index (χ0) is 16.6. The van der Waals surface area contributed by atoms with Gasteiger partial charge >= 0.3 is 0 Å². The van der Waals surface area contributed by atoms with Gasteiger partial charge in [0.2, 0.25) is 0 Å². The average Bonchev–Trinajstić information content (AvgIpc) is 2.65. The number of hydrogen-bond donors (Lipinski definition) is 0. The molecular weight excluding hydrogens is 300 g/mol. The molecule has 24 heavy (non-hydrogen) atoms. The molecular formula is C20H32N2O2. The number of methoxy groups -OCH3 is 1. The molecule has 1 saturated heterocycles. The summed E-state index contributed by atoms with van der Waals surface area (Å²) in [6, 6.07) is 7.83. The van der Waals surface area contributed by atoms with E-state index < -0.39 is 0 Å². The van der Waals surface area contributed by atoms with Crippen LogP contribution in [0.15, 0.2) is 24.3 Å². The molecule has 4 nitrogen and oxygen atoms in total. The highest BCUT2D eigenvalue weighted by Gasteiger charge is 2.21. The molecule has 0 N–H and O–H groups in total. The summed E-state index contributed by atoms with van der Waals surface area (Å²) in [6.45, 7) is 7.91. The summed E-state index contributed by atoms with van der Waals surface area (Å²) in [5, 5.41) is 0. The molecule has 1 aliphatic carbocycles. The number of ether oxygens (including phenoxy) is 2. The Morgan fingerprint density at radius 3 is 2.17 bits per heavy atom. The van der Waals surface area contributed by atoms with Gasteiger partial charge < -0.3 is 14.4 Å². The van der Waals surface area contributed by atoms with Crippen LogP contribution in [0.4, 0.5) is 0 Å². The molecule has 4 heteroatoms. The minimum Gasteiger partial charge on any atom is -0.497 e. The van der Waals surface area contributed by atoms with Crippen LogP contribution < -0.4 is 9.47 Å². The molecule has 0 aromatic heterocycles. The molecule has 1 aliphatic heterocycles. The van der Waals surface area contributed by atoms with E-state index in [9.17, 15) is 0 Å². The molecule has 2 aliphatic rings. The molecule has 1 aromatic rings. The first kappa shape index (κ1) is 17.6. The van der Waals surface area contributed by atoms with Gasteiger partial charge in [0.1, 0.15) is 18.1 Å².